The van der Waals surface area contributed by atoms with E-state index in [1.165, 1.54) is 0 Å². The van der Waals surface area contributed by atoms with Crippen LogP contribution in [0.5, 0.6) is 0 Å². The monoisotopic (exact) mass is 342 g/mol. The summed E-state index contributed by atoms with van der Waals surface area (Å²) in [6.45, 7) is 3.31. The number of aryl methyl sites for hydroxylation is 1. The van der Waals surface area contributed by atoms with Crippen LogP contribution < -0.4 is 10.2 Å². The third-order valence-electron chi connectivity index (χ3n) is 3.87. The lowest BCUT2D eigenvalue weighted by molar-refractivity contribution is -0.0157. The van der Waals surface area contributed by atoms with Crippen LogP contribution in [-0.4, -0.2) is 59.7 Å². The molecule has 0 aliphatic carbocycles. The molecule has 0 bridgehead atoms. The third kappa shape index (κ3) is 4.21. The van der Waals surface area contributed by atoms with Gasteiger partial charge in [0.15, 0.2) is 0 Å². The van der Waals surface area contributed by atoms with E-state index in [1.54, 1.807) is 17.2 Å². The number of morpholine rings is 1. The van der Waals surface area contributed by atoms with Crippen molar-refractivity contribution in [1.29, 1.82) is 0 Å². The number of carbonyl (C=O) groups excluding carboxylic acids is 1. The van der Waals surface area contributed by atoms with Gasteiger partial charge in [0.05, 0.1) is 18.8 Å². The molecule has 25 heavy (non-hydrogen) atoms. The number of amides is 2. The van der Waals surface area contributed by atoms with Crippen LogP contribution in [0.2, 0.25) is 0 Å². The van der Waals surface area contributed by atoms with E-state index in [1.807, 2.05) is 44.1 Å². The van der Waals surface area contributed by atoms with E-state index in [0.717, 1.165) is 11.4 Å². The quantitative estimate of drug-likeness (QED) is 0.916. The molecule has 3 rings (SSSR count). The summed E-state index contributed by atoms with van der Waals surface area (Å²) >= 11 is 0. The summed E-state index contributed by atoms with van der Waals surface area (Å²) in [5.74, 6) is 1.16. The van der Waals surface area contributed by atoms with Crippen LogP contribution in [0.3, 0.4) is 0 Å². The zero-order valence-corrected chi connectivity index (χ0v) is 14.6. The number of hydrogen-bond acceptors (Lipinski definition) is 6. The van der Waals surface area contributed by atoms with Gasteiger partial charge in [-0.1, -0.05) is 6.07 Å². The number of rotatable bonds is 3. The number of anilines is 2. The van der Waals surface area contributed by atoms with E-state index >= 15 is 0 Å². The Hall–Kier alpha value is -2.74. The van der Waals surface area contributed by atoms with Gasteiger partial charge >= 0.3 is 6.03 Å². The standard InChI is InChI=1S/C17H22N6O2/c1-12-5-4-6-15(19-12)21-17(24)23-9-10-25-14(11-23)13-7-8-18-16(20-13)22(2)3/h4-8,14H,9-11H2,1-3H3,(H,19,21,24)/t14-/m1/s1. The Bertz CT molecular complexity index is 751. The molecule has 2 aromatic heterocycles. The zero-order valence-electron chi connectivity index (χ0n) is 14.6. The fourth-order valence-corrected chi connectivity index (χ4v) is 2.57. The smallest absolute Gasteiger partial charge is 0.323 e. The first kappa shape index (κ1) is 17.1. The predicted octanol–water partition coefficient (Wildman–Crippen LogP) is 1.85. The van der Waals surface area contributed by atoms with Crippen LogP contribution in [0.1, 0.15) is 17.5 Å². The molecule has 2 amide bonds. The molecule has 1 N–H and O–H groups in total. The average Bonchev–Trinajstić information content (AvgIpc) is 2.62. The van der Waals surface area contributed by atoms with E-state index in [2.05, 4.69) is 20.3 Å². The van der Waals surface area contributed by atoms with Crippen molar-refractivity contribution in [3.63, 3.8) is 0 Å². The number of urea groups is 1. The largest absolute Gasteiger partial charge is 0.368 e. The van der Waals surface area contributed by atoms with Gasteiger partial charge < -0.3 is 14.5 Å². The van der Waals surface area contributed by atoms with Gasteiger partial charge in [-0.2, -0.15) is 0 Å². The van der Waals surface area contributed by atoms with E-state index < -0.39 is 0 Å². The van der Waals surface area contributed by atoms with Gasteiger partial charge in [0, 0.05) is 32.5 Å². The minimum Gasteiger partial charge on any atom is -0.368 e. The lowest BCUT2D eigenvalue weighted by Crippen LogP contribution is -2.44. The van der Waals surface area contributed by atoms with Crippen LogP contribution in [0, 0.1) is 6.92 Å². The number of aromatic nitrogens is 3. The zero-order chi connectivity index (χ0) is 17.8. The first-order valence-corrected chi connectivity index (χ1v) is 8.14. The molecule has 0 spiro atoms. The van der Waals surface area contributed by atoms with Gasteiger partial charge in [-0.25, -0.2) is 19.7 Å². The molecule has 8 nitrogen and oxygen atoms in total. The van der Waals surface area contributed by atoms with Gasteiger partial charge in [-0.3, -0.25) is 5.32 Å². The Labute approximate surface area is 146 Å². The Kier molecular flexibility index (Phi) is 5.08. The molecule has 0 saturated carbocycles. The van der Waals surface area contributed by atoms with Gasteiger partial charge in [-0.05, 0) is 25.1 Å². The maximum Gasteiger partial charge on any atom is 0.323 e. The van der Waals surface area contributed by atoms with E-state index in [9.17, 15) is 4.79 Å². The van der Waals surface area contributed by atoms with E-state index in [-0.39, 0.29) is 12.1 Å². The van der Waals surface area contributed by atoms with Crippen LogP contribution >= 0.6 is 0 Å². The number of ether oxygens (including phenoxy) is 1. The van der Waals surface area contributed by atoms with Crippen LogP contribution in [-0.2, 0) is 4.74 Å². The summed E-state index contributed by atoms with van der Waals surface area (Å²) in [7, 11) is 3.77. The number of pyridine rings is 1. The van der Waals surface area contributed by atoms with Crippen LogP contribution in [0.15, 0.2) is 30.5 Å². The first-order valence-electron chi connectivity index (χ1n) is 8.14. The highest BCUT2D eigenvalue weighted by Gasteiger charge is 2.27. The van der Waals surface area contributed by atoms with Gasteiger partial charge in [-0.15, -0.1) is 0 Å². The highest BCUT2D eigenvalue weighted by atomic mass is 16.5. The minimum atomic E-state index is -0.272. The fraction of sp³-hybridized carbons (Fsp3) is 0.412. The molecule has 0 radical (unpaired) electrons. The minimum absolute atomic E-state index is 0.187. The highest BCUT2D eigenvalue weighted by Crippen LogP contribution is 2.22. The Morgan fingerprint density at radius 2 is 2.16 bits per heavy atom. The van der Waals surface area contributed by atoms with Crippen molar-refractivity contribution in [3.8, 4) is 0 Å². The SMILES string of the molecule is Cc1cccc(NC(=O)N2CCO[C@@H](c3ccnc(N(C)C)n3)C2)n1. The predicted molar refractivity (Wildman–Crippen MR) is 94.6 cm³/mol. The molecule has 1 aliphatic heterocycles. The van der Waals surface area contributed by atoms with Crippen molar-refractivity contribution < 1.29 is 9.53 Å². The highest BCUT2D eigenvalue weighted by molar-refractivity contribution is 5.88. The second-order valence-corrected chi connectivity index (χ2v) is 6.08. The maximum atomic E-state index is 12.5. The van der Waals surface area contributed by atoms with Crippen molar-refractivity contribution >= 4 is 17.8 Å². The summed E-state index contributed by atoms with van der Waals surface area (Å²) in [5, 5.41) is 2.83. The molecule has 0 aromatic carbocycles. The van der Waals surface area contributed by atoms with Gasteiger partial charge in [0.2, 0.25) is 5.95 Å². The van der Waals surface area contributed by atoms with E-state index in [0.29, 0.717) is 31.5 Å². The fourth-order valence-electron chi connectivity index (χ4n) is 2.57. The van der Waals surface area contributed by atoms with Gasteiger partial charge in [0.1, 0.15) is 11.9 Å². The molecule has 1 atom stereocenters. The molecule has 3 heterocycles. The summed E-state index contributed by atoms with van der Waals surface area (Å²) in [4.78, 5) is 29.1. The summed E-state index contributed by atoms with van der Waals surface area (Å²) < 4.78 is 5.80. The van der Waals surface area contributed by atoms with Crippen molar-refractivity contribution in [1.82, 2.24) is 19.9 Å². The second-order valence-electron chi connectivity index (χ2n) is 6.08. The topological polar surface area (TPSA) is 83.5 Å². The van der Waals surface area contributed by atoms with Crippen LogP contribution in [0.25, 0.3) is 0 Å². The molecule has 1 aliphatic rings. The summed E-state index contributed by atoms with van der Waals surface area (Å²) in [5.41, 5.74) is 1.62. The summed E-state index contributed by atoms with van der Waals surface area (Å²) in [6.07, 6.45) is 1.43. The third-order valence-corrected chi connectivity index (χ3v) is 3.87. The normalized spacial score (nSPS) is 17.2. The molecule has 1 fully saturated rings. The summed E-state index contributed by atoms with van der Waals surface area (Å²) in [6, 6.07) is 7.16. The van der Waals surface area contributed by atoms with E-state index in [4.69, 9.17) is 4.74 Å². The number of carbonyl (C=O) groups is 1. The van der Waals surface area contributed by atoms with Crippen molar-refractivity contribution in [3.05, 3.63) is 41.9 Å². The molecule has 132 valence electrons. The number of nitrogens with one attached hydrogen (secondary N) is 1. The molecule has 8 heteroatoms. The molecular weight excluding hydrogens is 320 g/mol. The lowest BCUT2D eigenvalue weighted by atomic mass is 10.2. The Morgan fingerprint density at radius 1 is 1.32 bits per heavy atom. The van der Waals surface area contributed by atoms with Crippen LogP contribution in [0.4, 0.5) is 16.6 Å². The Morgan fingerprint density at radius 3 is 2.92 bits per heavy atom. The molecule has 1 saturated heterocycles. The van der Waals surface area contributed by atoms with Crippen molar-refractivity contribution in [2.24, 2.45) is 0 Å². The second kappa shape index (κ2) is 7.43. The number of nitrogens with zero attached hydrogens (tertiary/aromatic N) is 5. The average molecular weight is 342 g/mol. The van der Waals surface area contributed by atoms with Crippen molar-refractivity contribution in [2.75, 3.05) is 44.0 Å². The molecule has 2 aromatic rings. The first-order chi connectivity index (χ1) is 12.0. The maximum absolute atomic E-state index is 12.5. The Balaban J connectivity index is 1.68. The lowest BCUT2D eigenvalue weighted by Gasteiger charge is -2.32. The van der Waals surface area contributed by atoms with Crippen molar-refractivity contribution in [2.45, 2.75) is 13.0 Å². The molecule has 0 unspecified atom stereocenters. The van der Waals surface area contributed by atoms with Gasteiger partial charge in [0.25, 0.3) is 0 Å². The molecular formula is C17H22N6O2. The number of hydrogen-bond donors (Lipinski definition) is 1.